The number of hydrogen-bond acceptors (Lipinski definition) is 7. The summed E-state index contributed by atoms with van der Waals surface area (Å²) in [5.41, 5.74) is 1.52. The van der Waals surface area contributed by atoms with Crippen molar-refractivity contribution in [2.45, 2.75) is 13.0 Å². The summed E-state index contributed by atoms with van der Waals surface area (Å²) < 4.78 is 6.54. The van der Waals surface area contributed by atoms with Gasteiger partial charge in [0.05, 0.1) is 17.6 Å². The Labute approximate surface area is 171 Å². The quantitative estimate of drug-likeness (QED) is 0.367. The highest BCUT2D eigenvalue weighted by molar-refractivity contribution is 5.83. The second kappa shape index (κ2) is 8.39. The summed E-state index contributed by atoms with van der Waals surface area (Å²) in [4.78, 5) is 27.8. The van der Waals surface area contributed by atoms with Crippen molar-refractivity contribution < 1.29 is 14.1 Å². The van der Waals surface area contributed by atoms with Crippen molar-refractivity contribution >= 4 is 17.5 Å². The van der Waals surface area contributed by atoms with E-state index in [1.165, 1.54) is 23.1 Å². The molecule has 4 aromatic rings. The molecule has 0 unspecified atom stereocenters. The van der Waals surface area contributed by atoms with Crippen LogP contribution in [0.15, 0.2) is 77.4 Å². The highest BCUT2D eigenvalue weighted by Crippen LogP contribution is 2.20. The van der Waals surface area contributed by atoms with E-state index in [4.69, 9.17) is 4.42 Å². The van der Waals surface area contributed by atoms with E-state index in [0.29, 0.717) is 11.3 Å². The number of nitrogens with one attached hydrogen (secondary N) is 1. The molecule has 9 nitrogen and oxygen atoms in total. The molecule has 1 N–H and O–H groups in total. The highest BCUT2D eigenvalue weighted by Gasteiger charge is 2.19. The Hall–Kier alpha value is -4.27. The third-order valence-electron chi connectivity index (χ3n) is 4.36. The first-order chi connectivity index (χ1) is 14.6. The summed E-state index contributed by atoms with van der Waals surface area (Å²) in [7, 11) is 0. The van der Waals surface area contributed by atoms with E-state index in [9.17, 15) is 14.9 Å². The van der Waals surface area contributed by atoms with Crippen LogP contribution in [-0.2, 0) is 13.0 Å². The second-order valence-electron chi connectivity index (χ2n) is 6.48. The molecule has 0 amide bonds. The van der Waals surface area contributed by atoms with E-state index in [-0.39, 0.29) is 36.3 Å². The molecule has 2 aromatic heterocycles. The van der Waals surface area contributed by atoms with Gasteiger partial charge >= 0.3 is 0 Å². The number of carbonyl (C=O) groups is 1. The van der Waals surface area contributed by atoms with Crippen LogP contribution in [0.25, 0.3) is 11.6 Å². The normalized spacial score (nSPS) is 10.7. The number of carbonyl (C=O) groups excluding carboxylic acids is 1. The van der Waals surface area contributed by atoms with E-state index < -0.39 is 4.92 Å². The minimum absolute atomic E-state index is 0.00723. The van der Waals surface area contributed by atoms with Crippen molar-refractivity contribution in [2.24, 2.45) is 0 Å². The van der Waals surface area contributed by atoms with Crippen LogP contribution in [0.5, 0.6) is 0 Å². The van der Waals surface area contributed by atoms with Crippen LogP contribution in [0.3, 0.4) is 0 Å². The summed E-state index contributed by atoms with van der Waals surface area (Å²) in [5, 5.41) is 18.3. The lowest BCUT2D eigenvalue weighted by Crippen LogP contribution is -2.18. The topological polar surface area (TPSA) is 116 Å². The lowest BCUT2D eigenvalue weighted by molar-refractivity contribution is -0.384. The zero-order valence-electron chi connectivity index (χ0n) is 15.8. The van der Waals surface area contributed by atoms with Crippen LogP contribution in [-0.4, -0.2) is 25.6 Å². The van der Waals surface area contributed by atoms with Crippen molar-refractivity contribution in [3.63, 3.8) is 0 Å². The molecule has 30 heavy (non-hydrogen) atoms. The summed E-state index contributed by atoms with van der Waals surface area (Å²) in [5.74, 6) is 0.657. The summed E-state index contributed by atoms with van der Waals surface area (Å²) in [6.45, 7) is 0.233. The molecule has 0 aliphatic rings. The largest absolute Gasteiger partial charge is 0.461 e. The number of hydrogen-bond donors (Lipinski definition) is 1. The Balaban J connectivity index is 1.60. The highest BCUT2D eigenvalue weighted by atomic mass is 16.6. The molecule has 2 heterocycles. The first-order valence-corrected chi connectivity index (χ1v) is 9.15. The fraction of sp³-hybridized carbons (Fsp3) is 0.0952. The third kappa shape index (κ3) is 4.25. The molecule has 0 aliphatic heterocycles. The van der Waals surface area contributed by atoms with Crippen molar-refractivity contribution in [1.82, 2.24) is 14.8 Å². The average molecular weight is 403 g/mol. The summed E-state index contributed by atoms with van der Waals surface area (Å²) >= 11 is 0. The Morgan fingerprint density at radius 3 is 2.60 bits per heavy atom. The van der Waals surface area contributed by atoms with Crippen LogP contribution >= 0.6 is 0 Å². The molecule has 0 fully saturated rings. The van der Waals surface area contributed by atoms with Crippen LogP contribution in [0.4, 0.5) is 11.6 Å². The van der Waals surface area contributed by atoms with Crippen LogP contribution in [0, 0.1) is 10.1 Å². The summed E-state index contributed by atoms with van der Waals surface area (Å²) in [6, 6.07) is 19.0. The number of anilines is 1. The van der Waals surface area contributed by atoms with E-state index >= 15 is 0 Å². The van der Waals surface area contributed by atoms with E-state index in [0.717, 1.165) is 5.56 Å². The average Bonchev–Trinajstić information content (AvgIpc) is 3.43. The SMILES string of the molecule is O=C(Cc1ccccc1)n1nc(-c2ccco2)nc1NCc1cccc([N+](=O)[O-])c1. The molecule has 0 spiro atoms. The molecule has 0 atom stereocenters. The van der Waals surface area contributed by atoms with Crippen molar-refractivity contribution in [1.29, 1.82) is 0 Å². The molecular weight excluding hydrogens is 386 g/mol. The van der Waals surface area contributed by atoms with Gasteiger partial charge in [-0.05, 0) is 23.3 Å². The van der Waals surface area contributed by atoms with Gasteiger partial charge in [-0.25, -0.2) is 0 Å². The number of benzene rings is 2. The Morgan fingerprint density at radius 2 is 1.87 bits per heavy atom. The van der Waals surface area contributed by atoms with E-state index in [1.54, 1.807) is 24.3 Å². The van der Waals surface area contributed by atoms with Crippen LogP contribution in [0.2, 0.25) is 0 Å². The van der Waals surface area contributed by atoms with Crippen molar-refractivity contribution in [3.05, 3.63) is 94.2 Å². The molecular formula is C21H17N5O4. The molecule has 0 saturated carbocycles. The lowest BCUT2D eigenvalue weighted by Gasteiger charge is -2.07. The predicted octanol–water partition coefficient (Wildman–Crippen LogP) is 3.94. The lowest BCUT2D eigenvalue weighted by atomic mass is 10.1. The molecule has 150 valence electrons. The molecule has 9 heteroatoms. The van der Waals surface area contributed by atoms with Gasteiger partial charge in [-0.1, -0.05) is 42.5 Å². The predicted molar refractivity (Wildman–Crippen MR) is 109 cm³/mol. The minimum Gasteiger partial charge on any atom is -0.461 e. The molecule has 0 bridgehead atoms. The molecule has 2 aromatic carbocycles. The van der Waals surface area contributed by atoms with Gasteiger partial charge in [0.1, 0.15) is 0 Å². The fourth-order valence-electron chi connectivity index (χ4n) is 2.92. The zero-order valence-corrected chi connectivity index (χ0v) is 15.8. The van der Waals surface area contributed by atoms with Crippen LogP contribution < -0.4 is 5.32 Å². The van der Waals surface area contributed by atoms with Crippen molar-refractivity contribution in [2.75, 3.05) is 5.32 Å². The minimum atomic E-state index is -0.454. The van der Waals surface area contributed by atoms with Crippen molar-refractivity contribution in [3.8, 4) is 11.6 Å². The van der Waals surface area contributed by atoms with E-state index in [1.807, 2.05) is 30.3 Å². The van der Waals surface area contributed by atoms with Gasteiger partial charge in [-0.2, -0.15) is 9.67 Å². The smallest absolute Gasteiger partial charge is 0.269 e. The number of furan rings is 1. The maximum Gasteiger partial charge on any atom is 0.269 e. The van der Waals surface area contributed by atoms with Crippen LogP contribution in [0.1, 0.15) is 15.9 Å². The van der Waals surface area contributed by atoms with Gasteiger partial charge in [-0.15, -0.1) is 5.10 Å². The van der Waals surface area contributed by atoms with Gasteiger partial charge in [0.25, 0.3) is 11.6 Å². The van der Waals surface area contributed by atoms with Gasteiger partial charge < -0.3 is 9.73 Å². The maximum absolute atomic E-state index is 12.9. The maximum atomic E-state index is 12.9. The standard InChI is InChI=1S/C21H17N5O4/c27-19(13-15-6-2-1-3-7-15)25-21(23-20(24-25)18-10-5-11-30-18)22-14-16-8-4-9-17(12-16)26(28)29/h1-12H,13-14H2,(H,22,23,24). The number of nitrogens with zero attached hydrogens (tertiary/aromatic N) is 4. The second-order valence-corrected chi connectivity index (χ2v) is 6.48. The first-order valence-electron chi connectivity index (χ1n) is 9.15. The Bertz CT molecular complexity index is 1170. The Morgan fingerprint density at radius 1 is 1.07 bits per heavy atom. The first kappa shape index (κ1) is 19.1. The molecule has 4 rings (SSSR count). The number of nitro benzene ring substituents is 1. The summed E-state index contributed by atoms with van der Waals surface area (Å²) in [6.07, 6.45) is 1.64. The number of rotatable bonds is 7. The number of nitro groups is 1. The van der Waals surface area contributed by atoms with E-state index in [2.05, 4.69) is 15.4 Å². The van der Waals surface area contributed by atoms with Gasteiger partial charge in [0.15, 0.2) is 5.76 Å². The fourth-order valence-corrected chi connectivity index (χ4v) is 2.92. The molecule has 0 radical (unpaired) electrons. The number of aromatic nitrogens is 3. The van der Waals surface area contributed by atoms with Gasteiger partial charge in [0, 0.05) is 18.7 Å². The third-order valence-corrected chi connectivity index (χ3v) is 4.36. The van der Waals surface area contributed by atoms with Gasteiger partial charge in [0.2, 0.25) is 11.8 Å². The number of non-ortho nitro benzene ring substituents is 1. The molecule has 0 saturated heterocycles. The van der Waals surface area contributed by atoms with Gasteiger partial charge in [-0.3, -0.25) is 14.9 Å². The zero-order chi connectivity index (χ0) is 20.9. The Kier molecular flexibility index (Phi) is 5.33. The monoisotopic (exact) mass is 403 g/mol. The molecule has 0 aliphatic carbocycles.